The SMILES string of the molecule is CC(=O)NCc1ccc(C(=O)COc2cccc([N+](=O)[O-])c2)s1. The Kier molecular flexibility index (Phi) is 5.42. The van der Waals surface area contributed by atoms with Crippen LogP contribution in [0.15, 0.2) is 36.4 Å². The highest BCUT2D eigenvalue weighted by Crippen LogP contribution is 2.21. The van der Waals surface area contributed by atoms with E-state index in [1.54, 1.807) is 18.2 Å². The molecule has 1 N–H and O–H groups in total. The zero-order chi connectivity index (χ0) is 16.8. The Morgan fingerprint density at radius 1 is 1.30 bits per heavy atom. The second-order valence-electron chi connectivity index (χ2n) is 4.64. The molecular weight excluding hydrogens is 320 g/mol. The summed E-state index contributed by atoms with van der Waals surface area (Å²) in [6.45, 7) is 1.59. The minimum absolute atomic E-state index is 0.0938. The minimum atomic E-state index is -0.526. The Hall–Kier alpha value is -2.74. The van der Waals surface area contributed by atoms with Crippen LogP contribution >= 0.6 is 11.3 Å². The lowest BCUT2D eigenvalue weighted by molar-refractivity contribution is -0.384. The van der Waals surface area contributed by atoms with Crippen molar-refractivity contribution in [1.82, 2.24) is 5.32 Å². The Bertz CT molecular complexity index is 741. The van der Waals surface area contributed by atoms with Gasteiger partial charge in [-0.2, -0.15) is 0 Å². The van der Waals surface area contributed by atoms with Crippen molar-refractivity contribution in [2.24, 2.45) is 0 Å². The number of thiophene rings is 1. The highest BCUT2D eigenvalue weighted by Gasteiger charge is 2.12. The van der Waals surface area contributed by atoms with E-state index in [9.17, 15) is 19.7 Å². The third-order valence-electron chi connectivity index (χ3n) is 2.85. The molecule has 0 aliphatic rings. The van der Waals surface area contributed by atoms with Gasteiger partial charge in [-0.05, 0) is 18.2 Å². The molecule has 0 radical (unpaired) electrons. The van der Waals surface area contributed by atoms with Gasteiger partial charge in [0, 0.05) is 17.9 Å². The lowest BCUT2D eigenvalue weighted by Gasteiger charge is -2.04. The zero-order valence-electron chi connectivity index (χ0n) is 12.3. The largest absolute Gasteiger partial charge is 0.485 e. The molecule has 0 saturated carbocycles. The number of hydrogen-bond donors (Lipinski definition) is 1. The van der Waals surface area contributed by atoms with Crippen molar-refractivity contribution in [3.63, 3.8) is 0 Å². The molecule has 0 atom stereocenters. The van der Waals surface area contributed by atoms with Crippen molar-refractivity contribution >= 4 is 28.7 Å². The molecule has 23 heavy (non-hydrogen) atoms. The van der Waals surface area contributed by atoms with Crippen LogP contribution in [-0.4, -0.2) is 23.2 Å². The number of Topliss-reactive ketones (excluding diaryl/α,β-unsaturated/α-hetero) is 1. The summed E-state index contributed by atoms with van der Waals surface area (Å²) in [6.07, 6.45) is 0. The van der Waals surface area contributed by atoms with Gasteiger partial charge in [0.15, 0.2) is 6.61 Å². The molecule has 1 aromatic carbocycles. The van der Waals surface area contributed by atoms with E-state index in [1.807, 2.05) is 0 Å². The monoisotopic (exact) mass is 334 g/mol. The second-order valence-corrected chi connectivity index (χ2v) is 5.81. The number of carbonyl (C=O) groups excluding carboxylic acids is 2. The maximum absolute atomic E-state index is 12.1. The van der Waals surface area contributed by atoms with Gasteiger partial charge in [-0.3, -0.25) is 19.7 Å². The summed E-state index contributed by atoms with van der Waals surface area (Å²) in [6, 6.07) is 9.10. The average Bonchev–Trinajstić information content (AvgIpc) is 3.00. The Balaban J connectivity index is 1.93. The van der Waals surface area contributed by atoms with Gasteiger partial charge in [-0.15, -0.1) is 11.3 Å². The van der Waals surface area contributed by atoms with Gasteiger partial charge in [-0.1, -0.05) is 6.07 Å². The summed E-state index contributed by atoms with van der Waals surface area (Å²) in [4.78, 5) is 34.4. The minimum Gasteiger partial charge on any atom is -0.485 e. The average molecular weight is 334 g/mol. The maximum atomic E-state index is 12.1. The predicted molar refractivity (Wildman–Crippen MR) is 84.8 cm³/mol. The molecule has 0 aliphatic carbocycles. The molecule has 0 aliphatic heterocycles. The van der Waals surface area contributed by atoms with Crippen LogP contribution in [0.4, 0.5) is 5.69 Å². The Labute approximate surface area is 136 Å². The molecule has 7 nitrogen and oxygen atoms in total. The first-order chi connectivity index (χ1) is 11.0. The number of nitrogens with zero attached hydrogens (tertiary/aromatic N) is 1. The topological polar surface area (TPSA) is 98.5 Å². The number of hydrogen-bond acceptors (Lipinski definition) is 6. The number of carbonyl (C=O) groups is 2. The fourth-order valence-corrected chi connectivity index (χ4v) is 2.61. The van der Waals surface area contributed by atoms with Gasteiger partial charge in [0.1, 0.15) is 5.75 Å². The fraction of sp³-hybridized carbons (Fsp3) is 0.200. The van der Waals surface area contributed by atoms with Crippen molar-refractivity contribution in [3.05, 3.63) is 56.3 Å². The van der Waals surface area contributed by atoms with E-state index in [4.69, 9.17) is 4.74 Å². The number of ketones is 1. The Morgan fingerprint density at radius 3 is 2.78 bits per heavy atom. The summed E-state index contributed by atoms with van der Waals surface area (Å²) in [5, 5.41) is 13.3. The second kappa shape index (κ2) is 7.50. The summed E-state index contributed by atoms with van der Waals surface area (Å²) < 4.78 is 5.30. The van der Waals surface area contributed by atoms with Crippen LogP contribution in [0.2, 0.25) is 0 Å². The number of nitrogens with one attached hydrogen (secondary N) is 1. The van der Waals surface area contributed by atoms with E-state index < -0.39 is 4.92 Å². The number of nitro groups is 1. The van der Waals surface area contributed by atoms with E-state index in [0.29, 0.717) is 11.4 Å². The van der Waals surface area contributed by atoms with Crippen molar-refractivity contribution in [3.8, 4) is 5.75 Å². The third kappa shape index (κ3) is 4.89. The van der Waals surface area contributed by atoms with Gasteiger partial charge in [0.2, 0.25) is 11.7 Å². The summed E-state index contributed by atoms with van der Waals surface area (Å²) in [7, 11) is 0. The van der Waals surface area contributed by atoms with Gasteiger partial charge in [-0.25, -0.2) is 0 Å². The van der Waals surface area contributed by atoms with Crippen LogP contribution < -0.4 is 10.1 Å². The van der Waals surface area contributed by atoms with Gasteiger partial charge in [0.05, 0.1) is 22.4 Å². The number of rotatable bonds is 7. The molecule has 2 rings (SSSR count). The first-order valence-corrected chi connectivity index (χ1v) is 7.51. The number of ether oxygens (including phenoxy) is 1. The zero-order valence-corrected chi connectivity index (χ0v) is 13.1. The standard InChI is InChI=1S/C15H14N2O5S/c1-10(18)16-8-13-5-6-15(23-13)14(19)9-22-12-4-2-3-11(7-12)17(20)21/h2-7H,8-9H2,1H3,(H,16,18). The van der Waals surface area contributed by atoms with Crippen LogP contribution in [0.1, 0.15) is 21.5 Å². The van der Waals surface area contributed by atoms with Crippen molar-refractivity contribution < 1.29 is 19.2 Å². The highest BCUT2D eigenvalue weighted by molar-refractivity contribution is 7.14. The van der Waals surface area contributed by atoms with Gasteiger partial charge >= 0.3 is 0 Å². The van der Waals surface area contributed by atoms with Crippen molar-refractivity contribution in [2.45, 2.75) is 13.5 Å². The van der Waals surface area contributed by atoms with E-state index in [0.717, 1.165) is 4.88 Å². The predicted octanol–water partition coefficient (Wildman–Crippen LogP) is 2.55. The van der Waals surface area contributed by atoms with Crippen LogP contribution in [0.3, 0.4) is 0 Å². The normalized spacial score (nSPS) is 10.1. The fourth-order valence-electron chi connectivity index (χ4n) is 1.74. The summed E-state index contributed by atoms with van der Waals surface area (Å²) in [5.41, 5.74) is -0.0938. The summed E-state index contributed by atoms with van der Waals surface area (Å²) in [5.74, 6) is -0.0987. The molecule has 8 heteroatoms. The first-order valence-electron chi connectivity index (χ1n) is 6.69. The van der Waals surface area contributed by atoms with Crippen LogP contribution in [0.25, 0.3) is 0 Å². The third-order valence-corrected chi connectivity index (χ3v) is 3.97. The summed E-state index contributed by atoms with van der Waals surface area (Å²) >= 11 is 1.27. The highest BCUT2D eigenvalue weighted by atomic mass is 32.1. The van der Waals surface area contributed by atoms with E-state index in [-0.39, 0.29) is 29.7 Å². The quantitative estimate of drug-likeness (QED) is 0.476. The van der Waals surface area contributed by atoms with Gasteiger partial charge in [0.25, 0.3) is 5.69 Å². The van der Waals surface area contributed by atoms with E-state index in [1.165, 1.54) is 36.5 Å². The Morgan fingerprint density at radius 2 is 2.09 bits per heavy atom. The van der Waals surface area contributed by atoms with Gasteiger partial charge < -0.3 is 10.1 Å². The lowest BCUT2D eigenvalue weighted by atomic mass is 10.3. The molecule has 1 heterocycles. The number of nitro benzene ring substituents is 1. The number of amides is 1. The smallest absolute Gasteiger partial charge is 0.273 e. The van der Waals surface area contributed by atoms with Crippen LogP contribution in [-0.2, 0) is 11.3 Å². The van der Waals surface area contributed by atoms with Crippen molar-refractivity contribution in [1.29, 1.82) is 0 Å². The molecule has 2 aromatic rings. The first kappa shape index (κ1) is 16.6. The molecule has 0 fully saturated rings. The molecule has 0 bridgehead atoms. The van der Waals surface area contributed by atoms with Crippen LogP contribution in [0, 0.1) is 10.1 Å². The van der Waals surface area contributed by atoms with E-state index in [2.05, 4.69) is 5.32 Å². The molecule has 0 spiro atoms. The van der Waals surface area contributed by atoms with Crippen molar-refractivity contribution in [2.75, 3.05) is 6.61 Å². The number of non-ortho nitro benzene ring substituents is 1. The molecule has 0 unspecified atom stereocenters. The number of benzene rings is 1. The molecule has 120 valence electrons. The maximum Gasteiger partial charge on any atom is 0.273 e. The molecule has 0 saturated heterocycles. The molecule has 1 aromatic heterocycles. The van der Waals surface area contributed by atoms with E-state index >= 15 is 0 Å². The van der Waals surface area contributed by atoms with Crippen LogP contribution in [0.5, 0.6) is 5.75 Å². The molecular formula is C15H14N2O5S. The molecule has 1 amide bonds. The lowest BCUT2D eigenvalue weighted by Crippen LogP contribution is -2.18.